The van der Waals surface area contributed by atoms with Crippen molar-refractivity contribution in [3.63, 3.8) is 0 Å². The molecule has 0 aliphatic heterocycles. The van der Waals surface area contributed by atoms with Gasteiger partial charge in [-0.15, -0.1) is 0 Å². The first-order valence-corrected chi connectivity index (χ1v) is 5.00. The first kappa shape index (κ1) is 12.0. The van der Waals surface area contributed by atoms with Crippen molar-refractivity contribution in [3.05, 3.63) is 28.3 Å². The fourth-order valence-corrected chi connectivity index (χ4v) is 1.53. The molecule has 1 N–H and O–H groups in total. The minimum absolute atomic E-state index is 0.0375. The summed E-state index contributed by atoms with van der Waals surface area (Å²) >= 11 is 6.05. The summed E-state index contributed by atoms with van der Waals surface area (Å²) < 4.78 is 5.09. The van der Waals surface area contributed by atoms with E-state index >= 15 is 0 Å². The van der Waals surface area contributed by atoms with Crippen LogP contribution in [0.15, 0.2) is 12.1 Å². The molecule has 0 saturated carbocycles. The molecule has 0 saturated heterocycles. The Morgan fingerprint density at radius 3 is 2.73 bits per heavy atom. The largest absolute Gasteiger partial charge is 0.497 e. The zero-order valence-corrected chi connectivity index (χ0v) is 9.81. The highest BCUT2D eigenvalue weighted by Crippen LogP contribution is 2.26. The number of halogens is 1. The van der Waals surface area contributed by atoms with E-state index in [1.54, 1.807) is 26.3 Å². The summed E-state index contributed by atoms with van der Waals surface area (Å²) in [5, 5.41) is 3.30. The smallest absolute Gasteiger partial charge is 0.178 e. The number of rotatable bonds is 4. The molecule has 0 unspecified atom stereocenters. The Hall–Kier alpha value is -1.06. The van der Waals surface area contributed by atoms with E-state index in [0.717, 1.165) is 5.56 Å². The van der Waals surface area contributed by atoms with Crippen LogP contribution in [0.2, 0.25) is 5.02 Å². The molecule has 0 fully saturated rings. The quantitative estimate of drug-likeness (QED) is 0.801. The lowest BCUT2D eigenvalue weighted by atomic mass is 10.1. The molecule has 82 valence electrons. The maximum atomic E-state index is 11.7. The predicted octanol–water partition coefficient (Wildman–Crippen LogP) is 2.06. The van der Waals surface area contributed by atoms with Crippen LogP contribution in [0.5, 0.6) is 5.75 Å². The normalized spacial score (nSPS) is 10.1. The van der Waals surface area contributed by atoms with Gasteiger partial charge in [-0.2, -0.15) is 0 Å². The Bertz CT molecular complexity index is 377. The molecule has 0 amide bonds. The van der Waals surface area contributed by atoms with Gasteiger partial charge in [-0.25, -0.2) is 0 Å². The number of methoxy groups -OCH3 is 1. The van der Waals surface area contributed by atoms with E-state index < -0.39 is 0 Å². The molecule has 1 aromatic rings. The molecule has 4 heteroatoms. The molecule has 15 heavy (non-hydrogen) atoms. The van der Waals surface area contributed by atoms with Gasteiger partial charge in [0, 0.05) is 5.56 Å². The highest BCUT2D eigenvalue weighted by atomic mass is 35.5. The van der Waals surface area contributed by atoms with E-state index in [1.165, 1.54) is 0 Å². The van der Waals surface area contributed by atoms with Crippen molar-refractivity contribution in [1.29, 1.82) is 0 Å². The summed E-state index contributed by atoms with van der Waals surface area (Å²) in [7, 11) is 3.29. The van der Waals surface area contributed by atoms with Gasteiger partial charge in [0.2, 0.25) is 0 Å². The van der Waals surface area contributed by atoms with E-state index in [1.807, 2.05) is 6.92 Å². The second-order valence-corrected chi connectivity index (χ2v) is 3.64. The zero-order chi connectivity index (χ0) is 11.4. The van der Waals surface area contributed by atoms with Gasteiger partial charge in [-0.1, -0.05) is 11.6 Å². The average Bonchev–Trinajstić information content (AvgIpc) is 2.22. The average molecular weight is 228 g/mol. The predicted molar refractivity (Wildman–Crippen MR) is 61.0 cm³/mol. The van der Waals surface area contributed by atoms with Gasteiger partial charge in [0.1, 0.15) is 5.75 Å². The molecule has 0 radical (unpaired) electrons. The molecular formula is C11H14ClNO2. The number of aryl methyl sites for hydroxylation is 1. The van der Waals surface area contributed by atoms with Crippen molar-refractivity contribution in [1.82, 2.24) is 5.32 Å². The number of Topliss-reactive ketones (excluding diaryl/α,β-unsaturated/α-hetero) is 1. The van der Waals surface area contributed by atoms with Gasteiger partial charge in [0.15, 0.2) is 5.78 Å². The second-order valence-electron chi connectivity index (χ2n) is 3.26. The minimum Gasteiger partial charge on any atom is -0.497 e. The Labute approximate surface area is 94.4 Å². The number of carbonyl (C=O) groups excluding carboxylic acids is 1. The number of likely N-dealkylation sites (N-methyl/N-ethyl adjacent to an activating group) is 1. The van der Waals surface area contributed by atoms with Crippen LogP contribution in [0, 0.1) is 6.92 Å². The summed E-state index contributed by atoms with van der Waals surface area (Å²) in [6.45, 7) is 2.12. The third kappa shape index (κ3) is 2.70. The topological polar surface area (TPSA) is 38.3 Å². The van der Waals surface area contributed by atoms with Crippen molar-refractivity contribution >= 4 is 17.4 Å². The number of ketones is 1. The first-order chi connectivity index (χ1) is 7.10. The van der Waals surface area contributed by atoms with Gasteiger partial charge in [0.05, 0.1) is 18.7 Å². The molecule has 0 heterocycles. The molecule has 0 aliphatic carbocycles. The van der Waals surface area contributed by atoms with Crippen molar-refractivity contribution in [3.8, 4) is 5.75 Å². The number of hydrogen-bond donors (Lipinski definition) is 1. The molecule has 0 aromatic heterocycles. The van der Waals surface area contributed by atoms with E-state index in [9.17, 15) is 4.79 Å². The van der Waals surface area contributed by atoms with Crippen LogP contribution >= 0.6 is 11.6 Å². The highest BCUT2D eigenvalue weighted by Gasteiger charge is 2.13. The van der Waals surface area contributed by atoms with Crippen LogP contribution in [-0.4, -0.2) is 26.5 Å². The fourth-order valence-electron chi connectivity index (χ4n) is 1.31. The van der Waals surface area contributed by atoms with Crippen LogP contribution < -0.4 is 10.1 Å². The van der Waals surface area contributed by atoms with Crippen LogP contribution in [-0.2, 0) is 0 Å². The molecule has 0 atom stereocenters. The second kappa shape index (κ2) is 5.14. The number of carbonyl (C=O) groups is 1. The SMILES string of the molecule is CNCC(=O)c1cc(OC)cc(C)c1Cl. The number of ether oxygens (including phenoxy) is 1. The maximum absolute atomic E-state index is 11.7. The summed E-state index contributed by atoms with van der Waals surface area (Å²) in [5.74, 6) is 0.612. The number of nitrogens with one attached hydrogen (secondary N) is 1. The van der Waals surface area contributed by atoms with E-state index in [2.05, 4.69) is 5.32 Å². The lowest BCUT2D eigenvalue weighted by Crippen LogP contribution is -2.19. The summed E-state index contributed by atoms with van der Waals surface area (Å²) in [5.41, 5.74) is 1.35. The van der Waals surface area contributed by atoms with Gasteiger partial charge in [-0.05, 0) is 31.7 Å². The Morgan fingerprint density at radius 2 is 2.20 bits per heavy atom. The summed E-state index contributed by atoms with van der Waals surface area (Å²) in [6, 6.07) is 3.47. The zero-order valence-electron chi connectivity index (χ0n) is 9.06. The maximum Gasteiger partial charge on any atom is 0.178 e. The Balaban J connectivity index is 3.15. The monoisotopic (exact) mass is 227 g/mol. The minimum atomic E-state index is -0.0375. The molecule has 3 nitrogen and oxygen atoms in total. The van der Waals surface area contributed by atoms with E-state index in [-0.39, 0.29) is 12.3 Å². The molecular weight excluding hydrogens is 214 g/mol. The van der Waals surface area contributed by atoms with Gasteiger partial charge >= 0.3 is 0 Å². The summed E-state index contributed by atoms with van der Waals surface area (Å²) in [4.78, 5) is 11.7. The van der Waals surface area contributed by atoms with Crippen LogP contribution in [0.3, 0.4) is 0 Å². The lowest BCUT2D eigenvalue weighted by Gasteiger charge is -2.09. The Morgan fingerprint density at radius 1 is 1.53 bits per heavy atom. The highest BCUT2D eigenvalue weighted by molar-refractivity contribution is 6.34. The number of benzene rings is 1. The third-order valence-corrected chi connectivity index (χ3v) is 2.60. The molecule has 0 bridgehead atoms. The molecule has 1 aromatic carbocycles. The number of hydrogen-bond acceptors (Lipinski definition) is 3. The molecule has 0 spiro atoms. The Kier molecular flexibility index (Phi) is 4.12. The summed E-state index contributed by atoms with van der Waals surface area (Å²) in [6.07, 6.45) is 0. The van der Waals surface area contributed by atoms with Gasteiger partial charge in [0.25, 0.3) is 0 Å². The van der Waals surface area contributed by atoms with Gasteiger partial charge < -0.3 is 10.1 Å². The van der Waals surface area contributed by atoms with Crippen molar-refractivity contribution in [2.45, 2.75) is 6.92 Å². The van der Waals surface area contributed by atoms with Crippen molar-refractivity contribution in [2.75, 3.05) is 20.7 Å². The van der Waals surface area contributed by atoms with Crippen LogP contribution in [0.1, 0.15) is 15.9 Å². The first-order valence-electron chi connectivity index (χ1n) is 4.62. The lowest BCUT2D eigenvalue weighted by molar-refractivity contribution is 0.0993. The van der Waals surface area contributed by atoms with Gasteiger partial charge in [-0.3, -0.25) is 4.79 Å². The van der Waals surface area contributed by atoms with E-state index in [4.69, 9.17) is 16.3 Å². The fraction of sp³-hybridized carbons (Fsp3) is 0.364. The van der Waals surface area contributed by atoms with E-state index in [0.29, 0.717) is 16.3 Å². The standard InChI is InChI=1S/C11H14ClNO2/c1-7-4-8(15-3)5-9(11(7)12)10(14)6-13-2/h4-5,13H,6H2,1-3H3. The van der Waals surface area contributed by atoms with Crippen LogP contribution in [0.4, 0.5) is 0 Å². The van der Waals surface area contributed by atoms with Crippen LogP contribution in [0.25, 0.3) is 0 Å². The molecule has 1 rings (SSSR count). The van der Waals surface area contributed by atoms with Crippen molar-refractivity contribution in [2.24, 2.45) is 0 Å². The molecule has 0 aliphatic rings. The third-order valence-electron chi connectivity index (χ3n) is 2.10. The van der Waals surface area contributed by atoms with Crippen molar-refractivity contribution < 1.29 is 9.53 Å².